The molecule has 0 spiro atoms. The highest BCUT2D eigenvalue weighted by molar-refractivity contribution is 5.97. The number of hydrogen-bond donors (Lipinski definition) is 3. The smallest absolute Gasteiger partial charge is 0.262 e. The Bertz CT molecular complexity index is 650. The molecule has 1 aromatic carbocycles. The molecule has 2 aromatic rings. The molecular formula is C12H13N5O2. The van der Waals surface area contributed by atoms with Gasteiger partial charge in [-0.1, -0.05) is 0 Å². The van der Waals surface area contributed by atoms with Gasteiger partial charge in [0.1, 0.15) is 5.75 Å². The lowest BCUT2D eigenvalue weighted by Gasteiger charge is -2.20. The van der Waals surface area contributed by atoms with Gasteiger partial charge in [0.2, 0.25) is 0 Å². The van der Waals surface area contributed by atoms with Gasteiger partial charge < -0.3 is 21.1 Å². The summed E-state index contributed by atoms with van der Waals surface area (Å²) < 4.78 is 6.97. The van der Waals surface area contributed by atoms with Gasteiger partial charge in [0.05, 0.1) is 28.9 Å². The van der Waals surface area contributed by atoms with Gasteiger partial charge in [-0.2, -0.15) is 5.10 Å². The lowest BCUT2D eigenvalue weighted by atomic mass is 10.2. The van der Waals surface area contributed by atoms with E-state index in [-0.39, 0.29) is 12.5 Å². The number of nitrogen functional groups attached to an aromatic ring is 1. The van der Waals surface area contributed by atoms with Crippen molar-refractivity contribution in [1.82, 2.24) is 9.78 Å². The van der Waals surface area contributed by atoms with E-state index in [1.807, 2.05) is 13.2 Å². The molecule has 98 valence electrons. The van der Waals surface area contributed by atoms with Crippen LogP contribution in [-0.4, -0.2) is 22.3 Å². The first-order valence-corrected chi connectivity index (χ1v) is 5.73. The molecule has 0 bridgehead atoms. The number of benzene rings is 1. The van der Waals surface area contributed by atoms with E-state index < -0.39 is 0 Å². The van der Waals surface area contributed by atoms with Gasteiger partial charge in [-0.05, 0) is 6.07 Å². The summed E-state index contributed by atoms with van der Waals surface area (Å²) in [6, 6.07) is 3.43. The van der Waals surface area contributed by atoms with Crippen molar-refractivity contribution in [3.8, 4) is 5.75 Å². The Balaban J connectivity index is 1.93. The van der Waals surface area contributed by atoms with E-state index in [4.69, 9.17) is 10.5 Å². The minimum absolute atomic E-state index is 0.0157. The van der Waals surface area contributed by atoms with E-state index in [0.717, 1.165) is 5.69 Å². The number of aromatic nitrogens is 2. The van der Waals surface area contributed by atoms with Crippen molar-refractivity contribution in [3.63, 3.8) is 0 Å². The van der Waals surface area contributed by atoms with Crippen LogP contribution >= 0.6 is 0 Å². The van der Waals surface area contributed by atoms with E-state index in [1.54, 1.807) is 23.0 Å². The van der Waals surface area contributed by atoms with E-state index in [1.165, 1.54) is 0 Å². The molecule has 0 unspecified atom stereocenters. The largest absolute Gasteiger partial charge is 0.482 e. The van der Waals surface area contributed by atoms with Crippen LogP contribution in [0, 0.1) is 0 Å². The van der Waals surface area contributed by atoms with Gasteiger partial charge in [-0.15, -0.1) is 0 Å². The molecule has 0 radical (unpaired) electrons. The van der Waals surface area contributed by atoms with Crippen LogP contribution in [0.3, 0.4) is 0 Å². The van der Waals surface area contributed by atoms with E-state index in [2.05, 4.69) is 15.7 Å². The number of carbonyl (C=O) groups is 1. The number of aryl methyl sites for hydroxylation is 1. The molecule has 0 saturated heterocycles. The summed E-state index contributed by atoms with van der Waals surface area (Å²) >= 11 is 0. The molecule has 1 aliphatic heterocycles. The maximum absolute atomic E-state index is 11.3. The third-order valence-electron chi connectivity index (χ3n) is 2.77. The predicted molar refractivity (Wildman–Crippen MR) is 71.5 cm³/mol. The van der Waals surface area contributed by atoms with Crippen molar-refractivity contribution < 1.29 is 9.53 Å². The molecule has 1 aliphatic rings. The average molecular weight is 259 g/mol. The lowest BCUT2D eigenvalue weighted by molar-refractivity contribution is -0.118. The number of carbonyl (C=O) groups excluding carboxylic acids is 1. The number of rotatable bonds is 2. The first-order valence-electron chi connectivity index (χ1n) is 5.73. The fraction of sp³-hybridized carbons (Fsp3) is 0.167. The molecule has 0 atom stereocenters. The molecule has 3 rings (SSSR count). The first-order chi connectivity index (χ1) is 9.11. The molecule has 0 saturated carbocycles. The molecule has 0 fully saturated rings. The van der Waals surface area contributed by atoms with Crippen molar-refractivity contribution >= 4 is 28.7 Å². The van der Waals surface area contributed by atoms with Crippen LogP contribution in [0.2, 0.25) is 0 Å². The van der Waals surface area contributed by atoms with Gasteiger partial charge in [0.25, 0.3) is 5.91 Å². The molecule has 2 heterocycles. The van der Waals surface area contributed by atoms with E-state index >= 15 is 0 Å². The summed E-state index contributed by atoms with van der Waals surface area (Å²) in [6.45, 7) is 0.0157. The fourth-order valence-corrected chi connectivity index (χ4v) is 1.89. The Morgan fingerprint density at radius 3 is 3.11 bits per heavy atom. The second-order valence-corrected chi connectivity index (χ2v) is 4.30. The predicted octanol–water partition coefficient (Wildman–Crippen LogP) is 1.08. The molecule has 1 aromatic heterocycles. The molecule has 19 heavy (non-hydrogen) atoms. The van der Waals surface area contributed by atoms with Crippen LogP contribution in [0.15, 0.2) is 24.5 Å². The number of hydrogen-bond acceptors (Lipinski definition) is 5. The molecule has 7 nitrogen and oxygen atoms in total. The summed E-state index contributed by atoms with van der Waals surface area (Å²) in [7, 11) is 1.83. The number of anilines is 4. The number of nitrogens with zero attached hydrogens (tertiary/aromatic N) is 2. The standard InChI is InChI=1S/C12H13N5O2/c1-17-5-7(4-14-17)15-9-3-10-11(2-8(9)13)19-6-12(18)16-10/h2-5,15H,6,13H2,1H3,(H,16,18). The van der Waals surface area contributed by atoms with Crippen molar-refractivity contribution in [2.45, 2.75) is 0 Å². The summed E-state index contributed by atoms with van der Waals surface area (Å²) in [6.07, 6.45) is 3.52. The van der Waals surface area contributed by atoms with Gasteiger partial charge in [0.15, 0.2) is 6.61 Å². The molecule has 7 heteroatoms. The van der Waals surface area contributed by atoms with Crippen LogP contribution in [0.5, 0.6) is 5.75 Å². The summed E-state index contributed by atoms with van der Waals surface area (Å²) in [5.41, 5.74) is 8.61. The molecule has 4 N–H and O–H groups in total. The Hall–Kier alpha value is -2.70. The van der Waals surface area contributed by atoms with Crippen molar-refractivity contribution in [2.24, 2.45) is 7.05 Å². The number of nitrogens with one attached hydrogen (secondary N) is 2. The van der Waals surface area contributed by atoms with Crippen LogP contribution < -0.4 is 21.1 Å². The van der Waals surface area contributed by atoms with E-state index in [9.17, 15) is 4.79 Å². The first kappa shape index (κ1) is 11.4. The Morgan fingerprint density at radius 2 is 2.37 bits per heavy atom. The number of fused-ring (bicyclic) bond motifs is 1. The number of amides is 1. The topological polar surface area (TPSA) is 94.2 Å². The zero-order chi connectivity index (χ0) is 13.4. The van der Waals surface area contributed by atoms with Gasteiger partial charge in [-0.25, -0.2) is 0 Å². The molecule has 0 aliphatic carbocycles. The third-order valence-corrected chi connectivity index (χ3v) is 2.77. The minimum atomic E-state index is -0.176. The zero-order valence-corrected chi connectivity index (χ0v) is 10.3. The maximum Gasteiger partial charge on any atom is 0.262 e. The van der Waals surface area contributed by atoms with Gasteiger partial charge >= 0.3 is 0 Å². The lowest BCUT2D eigenvalue weighted by Crippen LogP contribution is -2.25. The normalized spacial score (nSPS) is 13.4. The number of nitrogens with two attached hydrogens (primary N) is 1. The number of ether oxygens (including phenoxy) is 1. The minimum Gasteiger partial charge on any atom is -0.482 e. The average Bonchev–Trinajstić information content (AvgIpc) is 2.76. The summed E-state index contributed by atoms with van der Waals surface area (Å²) in [4.78, 5) is 11.3. The van der Waals surface area contributed by atoms with Crippen LogP contribution in [0.25, 0.3) is 0 Å². The monoisotopic (exact) mass is 259 g/mol. The zero-order valence-electron chi connectivity index (χ0n) is 10.3. The molecule has 1 amide bonds. The van der Waals surface area contributed by atoms with Crippen LogP contribution in [-0.2, 0) is 11.8 Å². The Labute approximate surface area is 109 Å². The SMILES string of the molecule is Cn1cc(Nc2cc3c(cc2N)OCC(=O)N3)cn1. The highest BCUT2D eigenvalue weighted by Gasteiger charge is 2.18. The maximum atomic E-state index is 11.3. The van der Waals surface area contributed by atoms with Crippen LogP contribution in [0.1, 0.15) is 0 Å². The van der Waals surface area contributed by atoms with E-state index in [0.29, 0.717) is 22.8 Å². The van der Waals surface area contributed by atoms with Crippen molar-refractivity contribution in [2.75, 3.05) is 23.0 Å². The fourth-order valence-electron chi connectivity index (χ4n) is 1.89. The Morgan fingerprint density at radius 1 is 1.53 bits per heavy atom. The van der Waals surface area contributed by atoms with Gasteiger partial charge in [-0.3, -0.25) is 9.48 Å². The Kier molecular flexibility index (Phi) is 2.52. The second-order valence-electron chi connectivity index (χ2n) is 4.30. The molecular weight excluding hydrogens is 246 g/mol. The summed E-state index contributed by atoms with van der Waals surface area (Å²) in [5.74, 6) is 0.401. The van der Waals surface area contributed by atoms with Crippen molar-refractivity contribution in [3.05, 3.63) is 24.5 Å². The highest BCUT2D eigenvalue weighted by atomic mass is 16.5. The third kappa shape index (κ3) is 2.17. The highest BCUT2D eigenvalue weighted by Crippen LogP contribution is 2.36. The van der Waals surface area contributed by atoms with Gasteiger partial charge in [0, 0.05) is 19.3 Å². The summed E-state index contributed by atoms with van der Waals surface area (Å²) in [5, 5.41) is 9.94. The van der Waals surface area contributed by atoms with Crippen LogP contribution in [0.4, 0.5) is 22.7 Å². The van der Waals surface area contributed by atoms with Crippen molar-refractivity contribution in [1.29, 1.82) is 0 Å². The quantitative estimate of drug-likeness (QED) is 0.701. The second kappa shape index (κ2) is 4.20.